The number of rotatable bonds is 25. The molecular weight excluding hydrogens is 611 g/mol. The molecule has 0 spiro atoms. The van der Waals surface area contributed by atoms with Gasteiger partial charge < -0.3 is 39.6 Å². The van der Waals surface area contributed by atoms with Crippen molar-refractivity contribution in [2.24, 2.45) is 5.92 Å². The summed E-state index contributed by atoms with van der Waals surface area (Å²) in [5.41, 5.74) is 0. The SMILES string of the molecule is O=C(O)CCOC1[C@H](OCCC(=O)O)CC(C(=O)NCCCCCCCCCCCOC(=O)C(F)(F)F)C[C@H]1OCCC(=O)O. The number of carboxylic acid groups (broad SMARTS) is 3. The third kappa shape index (κ3) is 19.2. The Morgan fingerprint density at radius 1 is 0.622 bits per heavy atom. The lowest BCUT2D eigenvalue weighted by Gasteiger charge is -2.40. The van der Waals surface area contributed by atoms with Crippen LogP contribution in [0.2, 0.25) is 0 Å². The minimum Gasteiger partial charge on any atom is -0.481 e. The fourth-order valence-electron chi connectivity index (χ4n) is 4.86. The van der Waals surface area contributed by atoms with E-state index in [-0.39, 0.29) is 64.4 Å². The van der Waals surface area contributed by atoms with Gasteiger partial charge in [-0.1, -0.05) is 44.9 Å². The summed E-state index contributed by atoms with van der Waals surface area (Å²) in [6.45, 7) is -0.307. The van der Waals surface area contributed by atoms with E-state index in [0.29, 0.717) is 19.4 Å². The van der Waals surface area contributed by atoms with Crippen LogP contribution in [0.25, 0.3) is 0 Å². The van der Waals surface area contributed by atoms with Crippen molar-refractivity contribution in [3.63, 3.8) is 0 Å². The quantitative estimate of drug-likeness (QED) is 0.0822. The van der Waals surface area contributed by atoms with Crippen molar-refractivity contribution in [3.8, 4) is 0 Å². The van der Waals surface area contributed by atoms with Gasteiger partial charge in [0.2, 0.25) is 5.91 Å². The first kappa shape index (κ1) is 40.0. The molecule has 13 nitrogen and oxygen atoms in total. The monoisotopic (exact) mass is 657 g/mol. The molecular formula is C29H46F3NO12. The number of hydrogen-bond donors (Lipinski definition) is 4. The second-order valence-electron chi connectivity index (χ2n) is 10.9. The van der Waals surface area contributed by atoms with Crippen LogP contribution in [0, 0.1) is 5.92 Å². The summed E-state index contributed by atoms with van der Waals surface area (Å²) < 4.78 is 57.6. The average molecular weight is 658 g/mol. The van der Waals surface area contributed by atoms with Crippen LogP contribution >= 0.6 is 0 Å². The number of carboxylic acids is 3. The maximum absolute atomic E-state index is 13.0. The molecule has 1 aliphatic rings. The van der Waals surface area contributed by atoms with Gasteiger partial charge in [0.15, 0.2) is 0 Å². The number of aliphatic carboxylic acids is 3. The van der Waals surface area contributed by atoms with Crippen LogP contribution in [0.3, 0.4) is 0 Å². The lowest BCUT2D eigenvalue weighted by Crippen LogP contribution is -2.52. The van der Waals surface area contributed by atoms with Gasteiger partial charge in [-0.3, -0.25) is 19.2 Å². The fourth-order valence-corrected chi connectivity index (χ4v) is 4.86. The number of hydrogen-bond acceptors (Lipinski definition) is 9. The van der Waals surface area contributed by atoms with E-state index < -0.39 is 54.3 Å². The van der Waals surface area contributed by atoms with Crippen LogP contribution < -0.4 is 5.32 Å². The molecule has 0 aromatic heterocycles. The molecule has 0 saturated heterocycles. The average Bonchev–Trinajstić information content (AvgIpc) is 2.95. The molecule has 16 heteroatoms. The molecule has 1 fully saturated rings. The number of carbonyl (C=O) groups excluding carboxylic acids is 2. The lowest BCUT2D eigenvalue weighted by molar-refractivity contribution is -0.199. The maximum Gasteiger partial charge on any atom is 0.490 e. The van der Waals surface area contributed by atoms with Crippen molar-refractivity contribution in [2.45, 2.75) is 114 Å². The van der Waals surface area contributed by atoms with Gasteiger partial charge >= 0.3 is 30.1 Å². The van der Waals surface area contributed by atoms with E-state index >= 15 is 0 Å². The Morgan fingerprint density at radius 3 is 1.49 bits per heavy atom. The molecule has 0 aliphatic heterocycles. The van der Waals surface area contributed by atoms with Crippen molar-refractivity contribution in [3.05, 3.63) is 0 Å². The maximum atomic E-state index is 13.0. The van der Waals surface area contributed by atoms with Crippen LogP contribution in [0.15, 0.2) is 0 Å². The molecule has 0 aromatic rings. The highest BCUT2D eigenvalue weighted by Crippen LogP contribution is 2.32. The number of ether oxygens (including phenoxy) is 4. The zero-order valence-electron chi connectivity index (χ0n) is 25.4. The van der Waals surface area contributed by atoms with E-state index in [4.69, 9.17) is 29.5 Å². The first-order chi connectivity index (χ1) is 21.3. The van der Waals surface area contributed by atoms with E-state index in [2.05, 4.69) is 10.1 Å². The first-order valence-electron chi connectivity index (χ1n) is 15.3. The Balaban J connectivity index is 2.44. The number of alkyl halides is 3. The summed E-state index contributed by atoms with van der Waals surface area (Å²) in [5.74, 6) is -6.23. The van der Waals surface area contributed by atoms with Crippen molar-refractivity contribution in [1.29, 1.82) is 0 Å². The third-order valence-electron chi connectivity index (χ3n) is 7.14. The minimum absolute atomic E-state index is 0.160. The third-order valence-corrected chi connectivity index (χ3v) is 7.14. The Hall–Kier alpha value is -2.98. The van der Waals surface area contributed by atoms with Crippen molar-refractivity contribution in [2.75, 3.05) is 33.0 Å². The van der Waals surface area contributed by atoms with Gasteiger partial charge in [-0.05, 0) is 25.7 Å². The smallest absolute Gasteiger partial charge is 0.481 e. The largest absolute Gasteiger partial charge is 0.490 e. The van der Waals surface area contributed by atoms with Crippen molar-refractivity contribution >= 4 is 29.8 Å². The second-order valence-corrected chi connectivity index (χ2v) is 10.9. The van der Waals surface area contributed by atoms with Gasteiger partial charge in [-0.2, -0.15) is 13.2 Å². The van der Waals surface area contributed by atoms with Gasteiger partial charge in [-0.15, -0.1) is 0 Å². The molecule has 0 radical (unpaired) electrons. The lowest BCUT2D eigenvalue weighted by atomic mass is 9.82. The molecule has 0 unspecified atom stereocenters. The van der Waals surface area contributed by atoms with Gasteiger partial charge in [0, 0.05) is 12.5 Å². The molecule has 0 bridgehead atoms. The number of unbranched alkanes of at least 4 members (excludes halogenated alkanes) is 8. The Bertz CT molecular complexity index is 887. The van der Waals surface area contributed by atoms with E-state index in [1.807, 2.05) is 0 Å². The standard InChI is InChI=1S/C29H46F3NO12/c30-29(31,32)28(41)45-14-9-7-5-3-1-2-4-6-8-13-33-27(40)20-18-21(42-15-10-23(34)35)26(44-17-12-25(38)39)22(19-20)43-16-11-24(36)37/h20-22,26H,1-19H2,(H,33,40)(H,34,35)(H,36,37)(H,38,39)/t20?,21-,22-,26?/m1/s1. The molecule has 45 heavy (non-hydrogen) atoms. The van der Waals surface area contributed by atoms with Crippen LogP contribution in [0.4, 0.5) is 13.2 Å². The zero-order chi connectivity index (χ0) is 33.7. The molecule has 1 rings (SSSR count). The Kier molecular flexibility index (Phi) is 20.0. The van der Waals surface area contributed by atoms with Gasteiger partial charge in [0.1, 0.15) is 6.10 Å². The summed E-state index contributed by atoms with van der Waals surface area (Å²) in [5, 5.41) is 29.8. The summed E-state index contributed by atoms with van der Waals surface area (Å²) >= 11 is 0. The molecule has 0 heterocycles. The predicted molar refractivity (Wildman–Crippen MR) is 150 cm³/mol. The summed E-state index contributed by atoms with van der Waals surface area (Å²) in [7, 11) is 0. The van der Waals surface area contributed by atoms with Crippen LogP contribution in [0.5, 0.6) is 0 Å². The summed E-state index contributed by atoms with van der Waals surface area (Å²) in [4.78, 5) is 56.6. The Morgan fingerprint density at radius 2 is 1.04 bits per heavy atom. The highest BCUT2D eigenvalue weighted by atomic mass is 19.4. The summed E-state index contributed by atoms with van der Waals surface area (Å²) in [6.07, 6.45) is -0.551. The van der Waals surface area contributed by atoms with E-state index in [0.717, 1.165) is 44.9 Å². The number of carbonyl (C=O) groups is 5. The number of halogens is 3. The van der Waals surface area contributed by atoms with Gasteiger partial charge in [-0.25, -0.2) is 4.79 Å². The number of esters is 1. The topological polar surface area (TPSA) is 195 Å². The van der Waals surface area contributed by atoms with E-state index in [1.54, 1.807) is 0 Å². The summed E-state index contributed by atoms with van der Waals surface area (Å²) in [6, 6.07) is 0. The number of nitrogens with one attached hydrogen (secondary N) is 1. The second kappa shape index (κ2) is 22.5. The zero-order valence-corrected chi connectivity index (χ0v) is 25.4. The van der Waals surface area contributed by atoms with E-state index in [9.17, 15) is 37.1 Å². The number of amides is 1. The van der Waals surface area contributed by atoms with E-state index in [1.165, 1.54) is 0 Å². The Labute approximate surface area is 260 Å². The molecule has 1 amide bonds. The normalized spacial score (nSPS) is 20.0. The highest BCUT2D eigenvalue weighted by Gasteiger charge is 2.43. The fraction of sp³-hybridized carbons (Fsp3) is 0.828. The van der Waals surface area contributed by atoms with Gasteiger partial charge in [0.05, 0.1) is 57.9 Å². The van der Waals surface area contributed by atoms with Gasteiger partial charge in [0.25, 0.3) is 0 Å². The molecule has 1 aliphatic carbocycles. The van der Waals surface area contributed by atoms with Crippen LogP contribution in [-0.2, 0) is 42.9 Å². The van der Waals surface area contributed by atoms with Crippen molar-refractivity contribution < 1.29 is 71.4 Å². The minimum atomic E-state index is -4.96. The van der Waals surface area contributed by atoms with Crippen molar-refractivity contribution in [1.82, 2.24) is 5.32 Å². The predicted octanol–water partition coefficient (Wildman–Crippen LogP) is 3.71. The molecule has 1 saturated carbocycles. The molecule has 0 aromatic carbocycles. The first-order valence-corrected chi connectivity index (χ1v) is 15.3. The van der Waals surface area contributed by atoms with Crippen LogP contribution in [0.1, 0.15) is 89.9 Å². The molecule has 4 N–H and O–H groups in total. The molecule has 2 atom stereocenters. The molecule has 260 valence electrons. The highest BCUT2D eigenvalue weighted by molar-refractivity contribution is 5.79. The van der Waals surface area contributed by atoms with Crippen LogP contribution in [-0.4, -0.2) is 103 Å².